The molecule has 0 atom stereocenters. The van der Waals surface area contributed by atoms with Gasteiger partial charge >= 0.3 is 0 Å². The molecule has 1 aromatic heterocycles. The molecule has 7 heteroatoms. The highest BCUT2D eigenvalue weighted by Crippen LogP contribution is 2.31. The fourth-order valence-electron chi connectivity index (χ4n) is 3.72. The van der Waals surface area contributed by atoms with Crippen molar-refractivity contribution >= 4 is 11.7 Å². The molecule has 0 radical (unpaired) electrons. The molecule has 2 aromatic rings. The van der Waals surface area contributed by atoms with Crippen LogP contribution in [0.3, 0.4) is 0 Å². The van der Waals surface area contributed by atoms with Crippen molar-refractivity contribution in [1.29, 1.82) is 0 Å². The number of anilines is 1. The van der Waals surface area contributed by atoms with Crippen LogP contribution in [0.5, 0.6) is 11.5 Å². The van der Waals surface area contributed by atoms with E-state index in [4.69, 9.17) is 9.47 Å². The highest BCUT2D eigenvalue weighted by Gasteiger charge is 2.20. The number of rotatable bonds is 9. The second-order valence-electron chi connectivity index (χ2n) is 7.32. The Morgan fingerprint density at radius 1 is 1.21 bits per heavy atom. The topological polar surface area (TPSA) is 68.6 Å². The van der Waals surface area contributed by atoms with Crippen LogP contribution in [0.15, 0.2) is 30.5 Å². The number of nitrogens with one attached hydrogen (secondary N) is 1. The maximum atomic E-state index is 12.4. The lowest BCUT2D eigenvalue weighted by atomic mass is 10.2. The van der Waals surface area contributed by atoms with E-state index in [1.165, 1.54) is 12.8 Å². The first-order valence-corrected chi connectivity index (χ1v) is 9.83. The number of ether oxygens (including phenoxy) is 2. The van der Waals surface area contributed by atoms with E-state index < -0.39 is 0 Å². The lowest BCUT2D eigenvalue weighted by molar-refractivity contribution is -0.116. The number of methoxy groups -OCH3 is 2. The maximum absolute atomic E-state index is 12.4. The molecule has 152 valence electrons. The predicted octanol–water partition coefficient (Wildman–Crippen LogP) is 3.48. The van der Waals surface area contributed by atoms with Crippen LogP contribution in [0, 0.1) is 0 Å². The summed E-state index contributed by atoms with van der Waals surface area (Å²) in [4.78, 5) is 14.5. The van der Waals surface area contributed by atoms with Gasteiger partial charge in [0.2, 0.25) is 5.91 Å². The van der Waals surface area contributed by atoms with Crippen LogP contribution in [0.25, 0.3) is 0 Å². The summed E-state index contributed by atoms with van der Waals surface area (Å²) in [7, 11) is 5.26. The van der Waals surface area contributed by atoms with Crippen molar-refractivity contribution in [2.24, 2.45) is 0 Å². The summed E-state index contributed by atoms with van der Waals surface area (Å²) in [6, 6.07) is 8.17. The number of nitrogens with zero attached hydrogens (tertiary/aromatic N) is 3. The van der Waals surface area contributed by atoms with Crippen molar-refractivity contribution in [1.82, 2.24) is 14.7 Å². The van der Waals surface area contributed by atoms with Crippen LogP contribution in [0.4, 0.5) is 5.82 Å². The Morgan fingerprint density at radius 2 is 1.96 bits per heavy atom. The third kappa shape index (κ3) is 5.04. The number of aromatic nitrogens is 2. The molecule has 3 rings (SSSR count). The highest BCUT2D eigenvalue weighted by atomic mass is 16.5. The highest BCUT2D eigenvalue weighted by molar-refractivity contribution is 5.89. The van der Waals surface area contributed by atoms with Crippen molar-refractivity contribution in [3.63, 3.8) is 0 Å². The van der Waals surface area contributed by atoms with Crippen molar-refractivity contribution in [2.45, 2.75) is 44.7 Å². The largest absolute Gasteiger partial charge is 0.493 e. The van der Waals surface area contributed by atoms with Gasteiger partial charge in [-0.1, -0.05) is 18.9 Å². The molecule has 1 heterocycles. The lowest BCUT2D eigenvalue weighted by Crippen LogP contribution is -2.25. The summed E-state index contributed by atoms with van der Waals surface area (Å²) in [5.74, 6) is 2.25. The van der Waals surface area contributed by atoms with Crippen LogP contribution in [0.1, 0.15) is 43.7 Å². The zero-order chi connectivity index (χ0) is 19.9. The van der Waals surface area contributed by atoms with Gasteiger partial charge in [0, 0.05) is 25.6 Å². The van der Waals surface area contributed by atoms with Crippen LogP contribution < -0.4 is 14.8 Å². The van der Waals surface area contributed by atoms with Gasteiger partial charge in [0.25, 0.3) is 0 Å². The summed E-state index contributed by atoms with van der Waals surface area (Å²) in [6.45, 7) is 1.39. The summed E-state index contributed by atoms with van der Waals surface area (Å²) in [6.07, 6.45) is 6.94. The van der Waals surface area contributed by atoms with Gasteiger partial charge in [-0.3, -0.25) is 4.79 Å². The monoisotopic (exact) mass is 386 g/mol. The predicted molar refractivity (Wildman–Crippen MR) is 109 cm³/mol. The Balaban J connectivity index is 1.49. The number of hydrogen-bond acceptors (Lipinski definition) is 5. The first-order valence-electron chi connectivity index (χ1n) is 9.83. The van der Waals surface area contributed by atoms with Gasteiger partial charge in [-0.15, -0.1) is 0 Å². The first-order chi connectivity index (χ1) is 13.6. The van der Waals surface area contributed by atoms with Gasteiger partial charge in [0.05, 0.1) is 26.5 Å². The zero-order valence-electron chi connectivity index (χ0n) is 17.0. The molecule has 1 fully saturated rings. The molecular weight excluding hydrogens is 356 g/mol. The minimum atomic E-state index is 0.0129. The summed E-state index contributed by atoms with van der Waals surface area (Å²) in [5.41, 5.74) is 1.11. The molecule has 1 N–H and O–H groups in total. The first kappa shape index (κ1) is 20.2. The molecule has 1 amide bonds. The van der Waals surface area contributed by atoms with Gasteiger partial charge in [0.15, 0.2) is 11.5 Å². The van der Waals surface area contributed by atoms with Gasteiger partial charge in [-0.25, -0.2) is 4.68 Å². The van der Waals surface area contributed by atoms with E-state index in [1.807, 2.05) is 36.0 Å². The third-order valence-electron chi connectivity index (χ3n) is 5.23. The van der Waals surface area contributed by atoms with Crippen molar-refractivity contribution in [3.05, 3.63) is 36.0 Å². The molecule has 1 aliphatic carbocycles. The number of amides is 1. The molecule has 1 saturated carbocycles. The summed E-state index contributed by atoms with van der Waals surface area (Å²) >= 11 is 0. The maximum Gasteiger partial charge on any atom is 0.226 e. The minimum absolute atomic E-state index is 0.0129. The molecule has 28 heavy (non-hydrogen) atoms. The van der Waals surface area contributed by atoms with Crippen LogP contribution >= 0.6 is 0 Å². The van der Waals surface area contributed by atoms with E-state index in [2.05, 4.69) is 15.3 Å². The van der Waals surface area contributed by atoms with Gasteiger partial charge < -0.3 is 19.7 Å². The average molecular weight is 386 g/mol. The van der Waals surface area contributed by atoms with Crippen molar-refractivity contribution in [3.8, 4) is 11.5 Å². The summed E-state index contributed by atoms with van der Waals surface area (Å²) < 4.78 is 12.6. The lowest BCUT2D eigenvalue weighted by Gasteiger charge is -2.18. The molecule has 0 bridgehead atoms. The Morgan fingerprint density at radius 3 is 2.68 bits per heavy atom. The standard InChI is InChI=1S/C21H30N4O3/c1-24(15-16-8-9-18(27-2)19(14-16)28-3)13-11-21(26)23-20-10-12-22-25(20)17-6-4-5-7-17/h8-10,12,14,17H,4-7,11,13,15H2,1-3H3,(H,23,26). The van der Waals surface area contributed by atoms with Gasteiger partial charge in [-0.2, -0.15) is 5.10 Å². The van der Waals surface area contributed by atoms with E-state index in [1.54, 1.807) is 20.4 Å². The number of hydrogen-bond donors (Lipinski definition) is 1. The van der Waals surface area contributed by atoms with Crippen LogP contribution in [0.2, 0.25) is 0 Å². The third-order valence-corrected chi connectivity index (χ3v) is 5.23. The second-order valence-corrected chi connectivity index (χ2v) is 7.32. The molecule has 0 spiro atoms. The molecule has 0 unspecified atom stereocenters. The normalized spacial score (nSPS) is 14.4. The Hall–Kier alpha value is -2.54. The van der Waals surface area contributed by atoms with Gasteiger partial charge in [0.1, 0.15) is 5.82 Å². The van der Waals surface area contributed by atoms with Crippen LogP contribution in [-0.2, 0) is 11.3 Å². The molecule has 7 nitrogen and oxygen atoms in total. The van der Waals surface area contributed by atoms with Crippen molar-refractivity contribution < 1.29 is 14.3 Å². The Labute approximate surface area is 166 Å². The zero-order valence-corrected chi connectivity index (χ0v) is 17.0. The minimum Gasteiger partial charge on any atom is -0.493 e. The quantitative estimate of drug-likeness (QED) is 0.715. The Bertz CT molecular complexity index is 784. The average Bonchev–Trinajstić information content (AvgIpc) is 3.37. The molecule has 0 saturated heterocycles. The van der Waals surface area contributed by atoms with E-state index >= 15 is 0 Å². The number of carbonyl (C=O) groups excluding carboxylic acids is 1. The molecule has 1 aliphatic rings. The molecule has 1 aromatic carbocycles. The Kier molecular flexibility index (Phi) is 6.92. The number of carbonyl (C=O) groups is 1. The van der Waals surface area contributed by atoms with Gasteiger partial charge in [-0.05, 0) is 37.6 Å². The number of benzene rings is 1. The summed E-state index contributed by atoms with van der Waals surface area (Å²) in [5, 5.41) is 7.42. The smallest absolute Gasteiger partial charge is 0.226 e. The van der Waals surface area contributed by atoms with E-state index in [0.717, 1.165) is 30.8 Å². The van der Waals surface area contributed by atoms with Crippen molar-refractivity contribution in [2.75, 3.05) is 33.1 Å². The fraction of sp³-hybridized carbons (Fsp3) is 0.524. The molecule has 0 aliphatic heterocycles. The second kappa shape index (κ2) is 9.59. The fourth-order valence-corrected chi connectivity index (χ4v) is 3.72. The van der Waals surface area contributed by atoms with E-state index in [-0.39, 0.29) is 5.91 Å². The van der Waals surface area contributed by atoms with E-state index in [0.29, 0.717) is 30.5 Å². The SMILES string of the molecule is COc1ccc(CN(C)CCC(=O)Nc2ccnn2C2CCCC2)cc1OC. The molecular formula is C21H30N4O3. The van der Waals surface area contributed by atoms with E-state index in [9.17, 15) is 4.79 Å². The van der Waals surface area contributed by atoms with Crippen LogP contribution in [-0.4, -0.2) is 48.4 Å².